The number of ether oxygens (including phenoxy) is 1. The van der Waals surface area contributed by atoms with Gasteiger partial charge in [0.15, 0.2) is 0 Å². The second-order valence-electron chi connectivity index (χ2n) is 4.47. The number of halogens is 1. The zero-order chi connectivity index (χ0) is 15.8. The van der Waals surface area contributed by atoms with Gasteiger partial charge < -0.3 is 33.5 Å². The molecule has 4 N–H and O–H groups in total. The van der Waals surface area contributed by atoms with Crippen molar-refractivity contribution in [2.24, 2.45) is 0 Å². The number of anilines is 1. The maximum absolute atomic E-state index is 11.7. The van der Waals surface area contributed by atoms with Crippen molar-refractivity contribution in [2.45, 2.75) is 13.5 Å². The van der Waals surface area contributed by atoms with E-state index in [4.69, 9.17) is 10.5 Å². The number of amides is 1. The summed E-state index contributed by atoms with van der Waals surface area (Å²) >= 11 is 0. The molecule has 0 bridgehead atoms. The summed E-state index contributed by atoms with van der Waals surface area (Å²) in [6.07, 6.45) is 0. The first-order valence-electron chi connectivity index (χ1n) is 7.00. The predicted molar refractivity (Wildman–Crippen MR) is 80.4 cm³/mol. The van der Waals surface area contributed by atoms with Crippen molar-refractivity contribution in [1.82, 2.24) is 20.9 Å². The molecular weight excluding hydrogens is 322 g/mol. The van der Waals surface area contributed by atoms with Crippen LogP contribution in [-0.2, 0) is 6.54 Å². The Kier molecular flexibility index (Phi) is 7.86. The maximum Gasteiger partial charge on any atom is 0.277 e. The average molecular weight is 341 g/mol. The quantitative estimate of drug-likeness (QED) is 0.458. The molecular formula is C14H19ClN5O3-. The lowest BCUT2D eigenvalue weighted by atomic mass is 10.2. The van der Waals surface area contributed by atoms with E-state index in [2.05, 4.69) is 25.6 Å². The van der Waals surface area contributed by atoms with E-state index in [1.807, 2.05) is 31.2 Å². The monoisotopic (exact) mass is 340 g/mol. The molecule has 0 saturated heterocycles. The number of nitrogen functional groups attached to an aromatic ring is 1. The highest BCUT2D eigenvalue weighted by molar-refractivity contribution is 5.95. The van der Waals surface area contributed by atoms with E-state index >= 15 is 0 Å². The molecule has 23 heavy (non-hydrogen) atoms. The summed E-state index contributed by atoms with van der Waals surface area (Å²) in [4.78, 5) is 11.7. The molecule has 2 rings (SSSR count). The van der Waals surface area contributed by atoms with E-state index < -0.39 is 5.91 Å². The van der Waals surface area contributed by atoms with Crippen molar-refractivity contribution in [3.05, 3.63) is 35.5 Å². The Labute approximate surface area is 140 Å². The Bertz CT molecular complexity index is 620. The lowest BCUT2D eigenvalue weighted by Gasteiger charge is -2.11. The summed E-state index contributed by atoms with van der Waals surface area (Å²) < 4.78 is 9.92. The van der Waals surface area contributed by atoms with Gasteiger partial charge in [0.2, 0.25) is 11.5 Å². The van der Waals surface area contributed by atoms with Crippen molar-refractivity contribution in [1.29, 1.82) is 0 Å². The van der Waals surface area contributed by atoms with Crippen LogP contribution >= 0.6 is 0 Å². The first kappa shape index (κ1) is 18.7. The van der Waals surface area contributed by atoms with Crippen LogP contribution in [0.4, 0.5) is 5.82 Å². The molecule has 126 valence electrons. The van der Waals surface area contributed by atoms with Gasteiger partial charge >= 0.3 is 0 Å². The van der Waals surface area contributed by atoms with Crippen molar-refractivity contribution in [2.75, 3.05) is 25.4 Å². The zero-order valence-corrected chi connectivity index (χ0v) is 13.5. The standard InChI is InChI=1S/C14H19N5O3.ClH/c1-2-21-11-6-4-3-5-10(11)9-16-7-8-17-14(20)12-13(15)19-22-18-12;/h3-6,16H,2,7-9H2,1H3,(H2,15,19)(H,17,20);1H/p-1. The molecule has 0 unspecified atom stereocenters. The minimum Gasteiger partial charge on any atom is -1.00 e. The number of carbonyl (C=O) groups excluding carboxylic acids is 1. The number of hydrogen-bond donors (Lipinski definition) is 3. The molecule has 2 aromatic rings. The Morgan fingerprint density at radius 3 is 2.78 bits per heavy atom. The fraction of sp³-hybridized carbons (Fsp3) is 0.357. The highest BCUT2D eigenvalue weighted by atomic mass is 35.5. The van der Waals surface area contributed by atoms with Crippen LogP contribution in [0.1, 0.15) is 23.0 Å². The number of rotatable bonds is 8. The molecule has 0 atom stereocenters. The van der Waals surface area contributed by atoms with Gasteiger partial charge in [0.05, 0.1) is 6.61 Å². The molecule has 0 aliphatic carbocycles. The van der Waals surface area contributed by atoms with E-state index in [0.29, 0.717) is 26.2 Å². The van der Waals surface area contributed by atoms with Gasteiger partial charge in [-0.05, 0) is 23.3 Å². The SMILES string of the molecule is CCOc1ccccc1CNCCNC(=O)c1nonc1N.[Cl-]. The third-order valence-corrected chi connectivity index (χ3v) is 2.90. The van der Waals surface area contributed by atoms with Gasteiger partial charge in [-0.1, -0.05) is 18.2 Å². The van der Waals surface area contributed by atoms with Gasteiger partial charge in [0, 0.05) is 25.2 Å². The van der Waals surface area contributed by atoms with Gasteiger partial charge in [-0.15, -0.1) is 0 Å². The molecule has 1 aromatic heterocycles. The molecule has 8 nitrogen and oxygen atoms in total. The Morgan fingerprint density at radius 1 is 1.30 bits per heavy atom. The van der Waals surface area contributed by atoms with Crippen LogP contribution in [-0.4, -0.2) is 35.9 Å². The van der Waals surface area contributed by atoms with E-state index in [1.54, 1.807) is 0 Å². The summed E-state index contributed by atoms with van der Waals surface area (Å²) in [6, 6.07) is 7.83. The second kappa shape index (κ2) is 9.65. The number of hydrogen-bond acceptors (Lipinski definition) is 7. The summed E-state index contributed by atoms with van der Waals surface area (Å²) in [5.41, 5.74) is 6.51. The van der Waals surface area contributed by atoms with Crippen LogP contribution in [0.15, 0.2) is 28.9 Å². The van der Waals surface area contributed by atoms with Crippen LogP contribution < -0.4 is 33.5 Å². The molecule has 0 spiro atoms. The fourth-order valence-electron chi connectivity index (χ4n) is 1.87. The molecule has 1 amide bonds. The molecule has 0 saturated carbocycles. The minimum atomic E-state index is -0.407. The van der Waals surface area contributed by atoms with Crippen molar-refractivity contribution < 1.29 is 26.6 Å². The van der Waals surface area contributed by atoms with Gasteiger partial charge in [0.25, 0.3) is 5.91 Å². The molecule has 9 heteroatoms. The highest BCUT2D eigenvalue weighted by Crippen LogP contribution is 2.17. The summed E-state index contributed by atoms with van der Waals surface area (Å²) in [7, 11) is 0. The lowest BCUT2D eigenvalue weighted by Crippen LogP contribution is -3.00. The summed E-state index contributed by atoms with van der Waals surface area (Å²) in [5.74, 6) is 0.439. The molecule has 0 fully saturated rings. The predicted octanol–water partition coefficient (Wildman–Crippen LogP) is -2.43. The van der Waals surface area contributed by atoms with Crippen LogP contribution in [0, 0.1) is 0 Å². The molecule has 0 radical (unpaired) electrons. The Balaban J connectivity index is 0.00000264. The number of aromatic nitrogens is 2. The van der Waals surface area contributed by atoms with Crippen LogP contribution in [0.5, 0.6) is 5.75 Å². The maximum atomic E-state index is 11.7. The topological polar surface area (TPSA) is 115 Å². The molecule has 0 aliphatic rings. The zero-order valence-electron chi connectivity index (χ0n) is 12.7. The van der Waals surface area contributed by atoms with Crippen LogP contribution in [0.2, 0.25) is 0 Å². The van der Waals surface area contributed by atoms with Crippen molar-refractivity contribution in [3.8, 4) is 5.75 Å². The molecule has 1 aromatic carbocycles. The summed E-state index contributed by atoms with van der Waals surface area (Å²) in [6.45, 7) is 4.25. The molecule has 1 heterocycles. The lowest BCUT2D eigenvalue weighted by molar-refractivity contribution is -0.0000140. The van der Waals surface area contributed by atoms with Crippen LogP contribution in [0.3, 0.4) is 0 Å². The third kappa shape index (κ3) is 5.42. The number of para-hydroxylation sites is 1. The molecule has 0 aliphatic heterocycles. The number of nitrogens with one attached hydrogen (secondary N) is 2. The largest absolute Gasteiger partial charge is 1.00 e. The first-order chi connectivity index (χ1) is 10.7. The smallest absolute Gasteiger partial charge is 0.277 e. The fourth-order valence-corrected chi connectivity index (χ4v) is 1.87. The first-order valence-corrected chi connectivity index (χ1v) is 7.00. The number of benzene rings is 1. The van der Waals surface area contributed by atoms with Crippen molar-refractivity contribution >= 4 is 11.7 Å². The Morgan fingerprint density at radius 2 is 2.09 bits per heavy atom. The van der Waals surface area contributed by atoms with Gasteiger partial charge in [-0.3, -0.25) is 4.79 Å². The normalized spacial score (nSPS) is 9.96. The van der Waals surface area contributed by atoms with E-state index in [1.165, 1.54) is 0 Å². The van der Waals surface area contributed by atoms with Gasteiger partial charge in [-0.2, -0.15) is 0 Å². The number of nitrogens with zero attached hydrogens (tertiary/aromatic N) is 2. The average Bonchev–Trinajstić information content (AvgIpc) is 2.95. The van der Waals surface area contributed by atoms with E-state index in [9.17, 15) is 4.79 Å². The number of carbonyl (C=O) groups is 1. The highest BCUT2D eigenvalue weighted by Gasteiger charge is 2.14. The van der Waals surface area contributed by atoms with E-state index in [-0.39, 0.29) is 23.9 Å². The van der Waals surface area contributed by atoms with Gasteiger partial charge in [-0.25, -0.2) is 4.63 Å². The second-order valence-corrected chi connectivity index (χ2v) is 4.47. The summed E-state index contributed by atoms with van der Waals surface area (Å²) in [5, 5.41) is 12.7. The number of nitrogens with two attached hydrogens (primary N) is 1. The minimum absolute atomic E-state index is 0. The van der Waals surface area contributed by atoms with Crippen molar-refractivity contribution in [3.63, 3.8) is 0 Å². The van der Waals surface area contributed by atoms with Gasteiger partial charge in [0.1, 0.15) is 5.75 Å². The van der Waals surface area contributed by atoms with Crippen LogP contribution in [0.25, 0.3) is 0 Å². The van der Waals surface area contributed by atoms with E-state index in [0.717, 1.165) is 11.3 Å². The third-order valence-electron chi connectivity index (χ3n) is 2.90. The Hall–Kier alpha value is -2.32.